The molecular formula is C11H17N3O. The quantitative estimate of drug-likeness (QED) is 0.752. The van der Waals surface area contributed by atoms with Crippen molar-refractivity contribution in [3.05, 3.63) is 18.5 Å². The lowest BCUT2D eigenvalue weighted by Gasteiger charge is -2.32. The van der Waals surface area contributed by atoms with E-state index in [1.54, 1.807) is 12.4 Å². The van der Waals surface area contributed by atoms with Crippen molar-refractivity contribution in [3.63, 3.8) is 0 Å². The van der Waals surface area contributed by atoms with Crippen molar-refractivity contribution in [1.29, 1.82) is 0 Å². The lowest BCUT2D eigenvalue weighted by molar-refractivity contribution is 0.0523. The SMILES string of the molecule is CCOC1CCCN(c2ncccn2)C1. The summed E-state index contributed by atoms with van der Waals surface area (Å²) in [5.74, 6) is 0.821. The lowest BCUT2D eigenvalue weighted by Crippen LogP contribution is -2.40. The zero-order valence-electron chi connectivity index (χ0n) is 9.09. The standard InChI is InChI=1S/C11H17N3O/c1-2-15-10-5-3-8-14(9-10)11-12-6-4-7-13-11/h4,6-7,10H,2-3,5,8-9H2,1H3. The molecule has 15 heavy (non-hydrogen) atoms. The summed E-state index contributed by atoms with van der Waals surface area (Å²) in [5.41, 5.74) is 0. The van der Waals surface area contributed by atoms with Gasteiger partial charge in [0.25, 0.3) is 0 Å². The number of piperidine rings is 1. The van der Waals surface area contributed by atoms with Crippen LogP contribution in [0.4, 0.5) is 5.95 Å². The highest BCUT2D eigenvalue weighted by Gasteiger charge is 2.21. The van der Waals surface area contributed by atoms with E-state index in [1.807, 2.05) is 13.0 Å². The van der Waals surface area contributed by atoms with Crippen LogP contribution in [-0.4, -0.2) is 35.8 Å². The third-order valence-corrected chi connectivity index (χ3v) is 2.62. The van der Waals surface area contributed by atoms with E-state index in [-0.39, 0.29) is 0 Å². The fourth-order valence-corrected chi connectivity index (χ4v) is 1.95. The summed E-state index contributed by atoms with van der Waals surface area (Å²) in [6, 6.07) is 1.84. The van der Waals surface area contributed by atoms with Crippen molar-refractivity contribution >= 4 is 5.95 Å². The second-order valence-corrected chi connectivity index (χ2v) is 3.71. The summed E-state index contributed by atoms with van der Waals surface area (Å²) in [7, 11) is 0. The molecule has 0 amide bonds. The molecule has 0 radical (unpaired) electrons. The first-order valence-electron chi connectivity index (χ1n) is 5.53. The molecular weight excluding hydrogens is 190 g/mol. The Hall–Kier alpha value is -1.16. The molecule has 1 saturated heterocycles. The summed E-state index contributed by atoms with van der Waals surface area (Å²) in [4.78, 5) is 10.7. The normalized spacial score (nSPS) is 21.7. The predicted molar refractivity (Wildman–Crippen MR) is 58.9 cm³/mol. The Morgan fingerprint density at radius 2 is 2.27 bits per heavy atom. The van der Waals surface area contributed by atoms with Crippen LogP contribution in [0.15, 0.2) is 18.5 Å². The Labute approximate surface area is 90.3 Å². The predicted octanol–water partition coefficient (Wildman–Crippen LogP) is 1.48. The minimum absolute atomic E-state index is 0.340. The van der Waals surface area contributed by atoms with Gasteiger partial charge >= 0.3 is 0 Å². The van der Waals surface area contributed by atoms with Crippen LogP contribution in [0.2, 0.25) is 0 Å². The molecule has 1 unspecified atom stereocenters. The molecule has 2 rings (SSSR count). The first-order valence-corrected chi connectivity index (χ1v) is 5.53. The van der Waals surface area contributed by atoms with Gasteiger partial charge in [0.05, 0.1) is 6.10 Å². The van der Waals surface area contributed by atoms with Crippen LogP contribution in [0.25, 0.3) is 0 Å². The van der Waals surface area contributed by atoms with Gasteiger partial charge < -0.3 is 9.64 Å². The van der Waals surface area contributed by atoms with Crippen LogP contribution < -0.4 is 4.90 Å². The van der Waals surface area contributed by atoms with E-state index >= 15 is 0 Å². The smallest absolute Gasteiger partial charge is 0.225 e. The third kappa shape index (κ3) is 2.65. The molecule has 0 bridgehead atoms. The van der Waals surface area contributed by atoms with Gasteiger partial charge in [-0.2, -0.15) is 0 Å². The van der Waals surface area contributed by atoms with E-state index in [2.05, 4.69) is 14.9 Å². The van der Waals surface area contributed by atoms with E-state index in [9.17, 15) is 0 Å². The van der Waals surface area contributed by atoms with Crippen molar-refractivity contribution in [2.75, 3.05) is 24.6 Å². The molecule has 1 atom stereocenters. The lowest BCUT2D eigenvalue weighted by atomic mass is 10.1. The van der Waals surface area contributed by atoms with Gasteiger partial charge in [-0.3, -0.25) is 0 Å². The molecule has 0 N–H and O–H groups in total. The van der Waals surface area contributed by atoms with E-state index in [1.165, 1.54) is 0 Å². The van der Waals surface area contributed by atoms with Crippen LogP contribution in [0.5, 0.6) is 0 Å². The van der Waals surface area contributed by atoms with Crippen molar-refractivity contribution in [3.8, 4) is 0 Å². The van der Waals surface area contributed by atoms with E-state index in [0.717, 1.165) is 38.5 Å². The first kappa shape index (κ1) is 10.4. The number of hydrogen-bond acceptors (Lipinski definition) is 4. The Morgan fingerprint density at radius 3 is 3.00 bits per heavy atom. The molecule has 4 nitrogen and oxygen atoms in total. The Morgan fingerprint density at radius 1 is 1.47 bits per heavy atom. The number of anilines is 1. The number of nitrogens with zero attached hydrogens (tertiary/aromatic N) is 3. The molecule has 0 saturated carbocycles. The third-order valence-electron chi connectivity index (χ3n) is 2.62. The molecule has 0 aromatic carbocycles. The van der Waals surface area contributed by atoms with Gasteiger partial charge in [0.1, 0.15) is 0 Å². The highest BCUT2D eigenvalue weighted by atomic mass is 16.5. The topological polar surface area (TPSA) is 38.2 Å². The van der Waals surface area contributed by atoms with Gasteiger partial charge in [0, 0.05) is 32.1 Å². The number of rotatable bonds is 3. The summed E-state index contributed by atoms with van der Waals surface area (Å²) in [5, 5.41) is 0. The molecule has 1 fully saturated rings. The number of hydrogen-bond donors (Lipinski definition) is 0. The Kier molecular flexibility index (Phi) is 3.50. The zero-order chi connectivity index (χ0) is 10.5. The van der Waals surface area contributed by atoms with Gasteiger partial charge in [0.2, 0.25) is 5.95 Å². The molecule has 4 heteroatoms. The van der Waals surface area contributed by atoms with Crippen molar-refractivity contribution in [1.82, 2.24) is 9.97 Å². The summed E-state index contributed by atoms with van der Waals surface area (Å²) < 4.78 is 5.64. The molecule has 1 aromatic rings. The number of ether oxygens (including phenoxy) is 1. The minimum atomic E-state index is 0.340. The molecule has 1 aliphatic heterocycles. The van der Waals surface area contributed by atoms with Crippen LogP contribution in [-0.2, 0) is 4.74 Å². The Bertz CT molecular complexity index is 289. The molecule has 82 valence electrons. The van der Waals surface area contributed by atoms with Crippen molar-refractivity contribution in [2.24, 2.45) is 0 Å². The fourth-order valence-electron chi connectivity index (χ4n) is 1.95. The minimum Gasteiger partial charge on any atom is -0.377 e. The largest absolute Gasteiger partial charge is 0.377 e. The van der Waals surface area contributed by atoms with Gasteiger partial charge in [-0.25, -0.2) is 9.97 Å². The van der Waals surface area contributed by atoms with Crippen molar-refractivity contribution < 1.29 is 4.74 Å². The average molecular weight is 207 g/mol. The van der Waals surface area contributed by atoms with Crippen molar-refractivity contribution in [2.45, 2.75) is 25.9 Å². The average Bonchev–Trinajstić information content (AvgIpc) is 2.31. The van der Waals surface area contributed by atoms with E-state index in [4.69, 9.17) is 4.74 Å². The number of aromatic nitrogens is 2. The van der Waals surface area contributed by atoms with Gasteiger partial charge in [0.15, 0.2) is 0 Å². The molecule has 2 heterocycles. The van der Waals surface area contributed by atoms with Crippen LogP contribution >= 0.6 is 0 Å². The maximum Gasteiger partial charge on any atom is 0.225 e. The molecule has 0 spiro atoms. The molecule has 0 aliphatic carbocycles. The second kappa shape index (κ2) is 5.07. The maximum atomic E-state index is 5.64. The highest BCUT2D eigenvalue weighted by Crippen LogP contribution is 2.17. The monoisotopic (exact) mass is 207 g/mol. The van der Waals surface area contributed by atoms with Gasteiger partial charge in [-0.05, 0) is 25.8 Å². The summed E-state index contributed by atoms with van der Waals surface area (Å²) in [6.07, 6.45) is 6.21. The fraction of sp³-hybridized carbons (Fsp3) is 0.636. The van der Waals surface area contributed by atoms with Crippen LogP contribution in [0, 0.1) is 0 Å². The molecule has 1 aliphatic rings. The second-order valence-electron chi connectivity index (χ2n) is 3.71. The van der Waals surface area contributed by atoms with E-state index in [0.29, 0.717) is 6.10 Å². The molecule has 1 aromatic heterocycles. The van der Waals surface area contributed by atoms with Crippen LogP contribution in [0.3, 0.4) is 0 Å². The van der Waals surface area contributed by atoms with Crippen LogP contribution in [0.1, 0.15) is 19.8 Å². The highest BCUT2D eigenvalue weighted by molar-refractivity contribution is 5.29. The Balaban J connectivity index is 1.98. The summed E-state index contributed by atoms with van der Waals surface area (Å²) >= 11 is 0. The summed E-state index contributed by atoms with van der Waals surface area (Å²) in [6.45, 7) is 4.78. The maximum absolute atomic E-state index is 5.64. The van der Waals surface area contributed by atoms with Gasteiger partial charge in [-0.1, -0.05) is 0 Å². The van der Waals surface area contributed by atoms with E-state index < -0.39 is 0 Å². The zero-order valence-corrected chi connectivity index (χ0v) is 9.09. The first-order chi connectivity index (χ1) is 7.40. The van der Waals surface area contributed by atoms with Gasteiger partial charge in [-0.15, -0.1) is 0 Å².